The van der Waals surface area contributed by atoms with Gasteiger partial charge in [0.2, 0.25) is 0 Å². The van der Waals surface area contributed by atoms with E-state index in [4.69, 9.17) is 11.6 Å². The zero-order valence-electron chi connectivity index (χ0n) is 8.54. The molecule has 3 rings (SSSR count). The van der Waals surface area contributed by atoms with Gasteiger partial charge in [0.1, 0.15) is 11.8 Å². The van der Waals surface area contributed by atoms with Gasteiger partial charge in [-0.15, -0.1) is 0 Å². The molecule has 6 heteroatoms. The van der Waals surface area contributed by atoms with Crippen LogP contribution in [0.2, 0.25) is 5.15 Å². The summed E-state index contributed by atoms with van der Waals surface area (Å²) in [6.45, 7) is 0.834. The second-order valence-corrected chi connectivity index (χ2v) is 4.58. The number of imidazole rings is 1. The zero-order chi connectivity index (χ0) is 11.1. The van der Waals surface area contributed by atoms with Gasteiger partial charge >= 0.3 is 0 Å². The molecule has 0 bridgehead atoms. The number of hydrogen-bond acceptors (Lipinski definition) is 4. The first-order chi connectivity index (χ1) is 7.74. The van der Waals surface area contributed by atoms with Crippen LogP contribution >= 0.6 is 11.6 Å². The molecule has 5 nitrogen and oxygen atoms in total. The maximum absolute atomic E-state index is 9.23. The van der Waals surface area contributed by atoms with Gasteiger partial charge in [-0.3, -0.25) is 0 Å². The van der Waals surface area contributed by atoms with Crippen LogP contribution < -0.4 is 0 Å². The maximum Gasteiger partial charge on any atom is 0.164 e. The molecule has 16 heavy (non-hydrogen) atoms. The molecule has 0 spiro atoms. The lowest BCUT2D eigenvalue weighted by Gasteiger charge is -2.31. The highest BCUT2D eigenvalue weighted by Gasteiger charge is 2.27. The first-order valence-corrected chi connectivity index (χ1v) is 5.61. The normalized spacial score (nSPS) is 24.6. The van der Waals surface area contributed by atoms with Gasteiger partial charge in [0, 0.05) is 6.54 Å². The minimum atomic E-state index is -0.127. The zero-order valence-corrected chi connectivity index (χ0v) is 9.30. The van der Waals surface area contributed by atoms with Crippen LogP contribution in [0.3, 0.4) is 0 Å². The average Bonchev–Trinajstić information content (AvgIpc) is 2.61. The number of aliphatic hydroxyl groups excluding tert-OH is 1. The Labute approximate surface area is 97.1 Å². The Balaban J connectivity index is 1.90. The Hall–Kier alpha value is -1.20. The predicted molar refractivity (Wildman–Crippen MR) is 59.1 cm³/mol. The van der Waals surface area contributed by atoms with Crippen molar-refractivity contribution >= 4 is 22.8 Å². The maximum atomic E-state index is 9.23. The molecule has 0 aromatic carbocycles. The van der Waals surface area contributed by atoms with Crippen molar-refractivity contribution in [3.05, 3.63) is 17.8 Å². The fourth-order valence-corrected chi connectivity index (χ4v) is 2.29. The molecule has 1 saturated carbocycles. The molecule has 1 aliphatic rings. The van der Waals surface area contributed by atoms with Crippen molar-refractivity contribution in [3.8, 4) is 0 Å². The molecule has 84 valence electrons. The Kier molecular flexibility index (Phi) is 2.29. The predicted octanol–water partition coefficient (Wildman–Crippen LogP) is 1.25. The van der Waals surface area contributed by atoms with Crippen molar-refractivity contribution in [1.82, 2.24) is 19.5 Å². The van der Waals surface area contributed by atoms with Crippen LogP contribution in [0.4, 0.5) is 0 Å². The quantitative estimate of drug-likeness (QED) is 0.800. The molecule has 2 aromatic heterocycles. The largest absolute Gasteiger partial charge is 0.393 e. The first-order valence-electron chi connectivity index (χ1n) is 5.23. The summed E-state index contributed by atoms with van der Waals surface area (Å²) in [6, 6.07) is 0. The number of aliphatic hydroxyl groups is 1. The smallest absolute Gasteiger partial charge is 0.164 e. The fourth-order valence-electron chi connectivity index (χ4n) is 2.11. The summed E-state index contributed by atoms with van der Waals surface area (Å²) < 4.78 is 1.97. The van der Waals surface area contributed by atoms with E-state index in [-0.39, 0.29) is 6.10 Å². The lowest BCUT2D eigenvalue weighted by Crippen LogP contribution is -2.31. The number of rotatable bonds is 2. The highest BCUT2D eigenvalue weighted by molar-refractivity contribution is 6.33. The summed E-state index contributed by atoms with van der Waals surface area (Å²) in [5.41, 5.74) is 1.41. The lowest BCUT2D eigenvalue weighted by molar-refractivity contribution is 0.0356. The molecule has 0 saturated heterocycles. The third kappa shape index (κ3) is 1.56. The second-order valence-electron chi connectivity index (χ2n) is 4.22. The van der Waals surface area contributed by atoms with E-state index in [1.165, 1.54) is 6.33 Å². The summed E-state index contributed by atoms with van der Waals surface area (Å²) in [5.74, 6) is 0.515. The van der Waals surface area contributed by atoms with E-state index >= 15 is 0 Å². The fraction of sp³-hybridized carbons (Fsp3) is 0.500. The molecule has 0 amide bonds. The molecule has 0 atom stereocenters. The Bertz CT molecular complexity index is 521. The summed E-state index contributed by atoms with van der Waals surface area (Å²) in [6.07, 6.45) is 4.77. The van der Waals surface area contributed by atoms with Crippen LogP contribution in [0.1, 0.15) is 12.8 Å². The van der Waals surface area contributed by atoms with E-state index in [9.17, 15) is 5.11 Å². The van der Waals surface area contributed by atoms with Crippen molar-refractivity contribution in [2.24, 2.45) is 5.92 Å². The van der Waals surface area contributed by atoms with Gasteiger partial charge in [-0.25, -0.2) is 15.0 Å². The number of nitrogens with zero attached hydrogens (tertiary/aromatic N) is 4. The monoisotopic (exact) mass is 238 g/mol. The van der Waals surface area contributed by atoms with Crippen LogP contribution in [-0.4, -0.2) is 30.7 Å². The van der Waals surface area contributed by atoms with Crippen LogP contribution in [0, 0.1) is 5.92 Å². The van der Waals surface area contributed by atoms with Crippen LogP contribution in [0.5, 0.6) is 0 Å². The van der Waals surface area contributed by atoms with Gasteiger partial charge < -0.3 is 9.67 Å². The Morgan fingerprint density at radius 1 is 1.38 bits per heavy atom. The summed E-state index contributed by atoms with van der Waals surface area (Å²) in [7, 11) is 0. The van der Waals surface area contributed by atoms with Crippen molar-refractivity contribution in [2.45, 2.75) is 25.5 Å². The minimum absolute atomic E-state index is 0.127. The van der Waals surface area contributed by atoms with E-state index in [1.807, 2.05) is 4.57 Å². The number of halogens is 1. The van der Waals surface area contributed by atoms with Gasteiger partial charge in [0.05, 0.1) is 12.4 Å². The summed E-state index contributed by atoms with van der Waals surface area (Å²) in [5, 5.41) is 9.62. The molecule has 1 N–H and O–H groups in total. The van der Waals surface area contributed by atoms with E-state index in [2.05, 4.69) is 15.0 Å². The molecule has 1 aliphatic carbocycles. The number of aromatic nitrogens is 4. The lowest BCUT2D eigenvalue weighted by atomic mass is 9.82. The molecular weight excluding hydrogens is 228 g/mol. The van der Waals surface area contributed by atoms with Crippen LogP contribution in [-0.2, 0) is 6.54 Å². The van der Waals surface area contributed by atoms with Gasteiger partial charge in [0.15, 0.2) is 10.8 Å². The van der Waals surface area contributed by atoms with E-state index in [0.29, 0.717) is 16.6 Å². The Morgan fingerprint density at radius 3 is 2.94 bits per heavy atom. The van der Waals surface area contributed by atoms with Crippen LogP contribution in [0.25, 0.3) is 11.2 Å². The van der Waals surface area contributed by atoms with Crippen molar-refractivity contribution in [3.63, 3.8) is 0 Å². The molecule has 0 aliphatic heterocycles. The molecular formula is C10H11ClN4O. The van der Waals surface area contributed by atoms with E-state index in [0.717, 1.165) is 25.0 Å². The number of hydrogen-bond donors (Lipinski definition) is 1. The average molecular weight is 239 g/mol. The number of fused-ring (bicyclic) bond motifs is 1. The third-order valence-electron chi connectivity index (χ3n) is 3.02. The van der Waals surface area contributed by atoms with Gasteiger partial charge in [-0.05, 0) is 18.8 Å². The molecule has 2 aromatic rings. The highest BCUT2D eigenvalue weighted by Crippen LogP contribution is 2.29. The van der Waals surface area contributed by atoms with Gasteiger partial charge in [-0.1, -0.05) is 11.6 Å². The second kappa shape index (κ2) is 3.68. The van der Waals surface area contributed by atoms with E-state index < -0.39 is 0 Å². The van der Waals surface area contributed by atoms with Gasteiger partial charge in [0.25, 0.3) is 0 Å². The molecule has 0 radical (unpaired) electrons. The topological polar surface area (TPSA) is 63.8 Å². The van der Waals surface area contributed by atoms with Crippen molar-refractivity contribution < 1.29 is 5.11 Å². The summed E-state index contributed by atoms with van der Waals surface area (Å²) >= 11 is 5.91. The summed E-state index contributed by atoms with van der Waals surface area (Å²) in [4.78, 5) is 12.3. The Morgan fingerprint density at radius 2 is 2.19 bits per heavy atom. The molecule has 0 unspecified atom stereocenters. The van der Waals surface area contributed by atoms with Crippen molar-refractivity contribution in [2.75, 3.05) is 0 Å². The highest BCUT2D eigenvalue weighted by atomic mass is 35.5. The SMILES string of the molecule is OC1CC(Cn2cnc3c(Cl)ncnc32)C1. The molecule has 1 fully saturated rings. The third-order valence-corrected chi connectivity index (χ3v) is 3.30. The minimum Gasteiger partial charge on any atom is -0.393 e. The molecule has 2 heterocycles. The standard InChI is InChI=1S/C10H11ClN4O/c11-9-8-10(13-4-12-9)15(5-14-8)3-6-1-7(16)2-6/h4-7,16H,1-3H2. The van der Waals surface area contributed by atoms with Crippen LogP contribution in [0.15, 0.2) is 12.7 Å². The van der Waals surface area contributed by atoms with E-state index in [1.54, 1.807) is 6.33 Å². The first kappa shape index (κ1) is 9.99. The van der Waals surface area contributed by atoms with Crippen molar-refractivity contribution in [1.29, 1.82) is 0 Å². The van der Waals surface area contributed by atoms with Gasteiger partial charge in [-0.2, -0.15) is 0 Å².